The van der Waals surface area contributed by atoms with Crippen molar-refractivity contribution in [2.24, 2.45) is 0 Å². The third-order valence-electron chi connectivity index (χ3n) is 7.07. The van der Waals surface area contributed by atoms with E-state index in [0.717, 1.165) is 20.8 Å². The zero-order valence-corrected chi connectivity index (χ0v) is 25.7. The van der Waals surface area contributed by atoms with E-state index in [1.807, 2.05) is 0 Å². The van der Waals surface area contributed by atoms with Crippen LogP contribution in [0.15, 0.2) is 45.6 Å². The average molecular weight is 641 g/mol. The van der Waals surface area contributed by atoms with Crippen molar-refractivity contribution < 1.29 is 61.5 Å². The molecule has 2 aliphatic heterocycles. The molecule has 244 valence electrons. The van der Waals surface area contributed by atoms with Gasteiger partial charge in [0.25, 0.3) is 0 Å². The van der Waals surface area contributed by atoms with E-state index in [4.69, 9.17) is 42.3 Å². The highest BCUT2D eigenvalue weighted by Gasteiger charge is 2.53. The van der Waals surface area contributed by atoms with Crippen LogP contribution in [-0.4, -0.2) is 74.4 Å². The van der Waals surface area contributed by atoms with E-state index in [2.05, 4.69) is 0 Å². The van der Waals surface area contributed by atoms with Gasteiger partial charge in [-0.25, -0.2) is 0 Å². The van der Waals surface area contributed by atoms with Gasteiger partial charge in [-0.05, 0) is 36.8 Å². The predicted molar refractivity (Wildman–Crippen MR) is 156 cm³/mol. The van der Waals surface area contributed by atoms with Crippen LogP contribution in [0.2, 0.25) is 0 Å². The number of aryl methyl sites for hydroxylation is 1. The molecule has 0 spiro atoms. The lowest BCUT2D eigenvalue weighted by atomic mass is 9.98. The molecule has 2 aromatic carbocycles. The molecule has 5 rings (SSSR count). The molecule has 5 atom stereocenters. The molecule has 2 aliphatic rings. The van der Waals surface area contributed by atoms with Gasteiger partial charge < -0.3 is 42.3 Å². The van der Waals surface area contributed by atoms with Crippen molar-refractivity contribution in [3.63, 3.8) is 0 Å². The largest absolute Gasteiger partial charge is 0.486 e. The summed E-state index contributed by atoms with van der Waals surface area (Å²) in [6, 6.07) is 9.64. The first-order valence-electron chi connectivity index (χ1n) is 14.4. The number of ether oxygens (including phenoxy) is 8. The van der Waals surface area contributed by atoms with E-state index in [1.165, 1.54) is 25.1 Å². The number of carbonyl (C=O) groups is 4. The Hall–Kier alpha value is -5.11. The molecular formula is C32H32O14. The van der Waals surface area contributed by atoms with Gasteiger partial charge in [-0.15, -0.1) is 0 Å². The van der Waals surface area contributed by atoms with Crippen LogP contribution in [0.25, 0.3) is 22.1 Å². The minimum Gasteiger partial charge on any atom is -0.486 e. The highest BCUT2D eigenvalue weighted by atomic mass is 16.7. The minimum absolute atomic E-state index is 0.128. The normalized spacial score (nSPS) is 22.0. The summed E-state index contributed by atoms with van der Waals surface area (Å²) in [5, 5.41) is 0.254. The predicted octanol–water partition coefficient (Wildman–Crippen LogP) is 3.00. The van der Waals surface area contributed by atoms with Gasteiger partial charge in [0.2, 0.25) is 17.8 Å². The van der Waals surface area contributed by atoms with Gasteiger partial charge in [0.1, 0.15) is 43.0 Å². The van der Waals surface area contributed by atoms with Crippen LogP contribution in [0.4, 0.5) is 0 Å². The van der Waals surface area contributed by atoms with Crippen LogP contribution < -0.4 is 19.6 Å². The maximum Gasteiger partial charge on any atom is 0.303 e. The first-order valence-corrected chi connectivity index (χ1v) is 14.4. The zero-order valence-electron chi connectivity index (χ0n) is 25.7. The molecule has 46 heavy (non-hydrogen) atoms. The molecule has 0 aliphatic carbocycles. The van der Waals surface area contributed by atoms with Crippen molar-refractivity contribution in [2.75, 3.05) is 19.8 Å². The second-order valence-electron chi connectivity index (χ2n) is 10.6. The SMILES string of the molecule is CC(=O)OC[C@H]1O[C@@H](Oc2ccc3c(=O)c(-c4ccc5c(c4)OCCO5)c(C)oc3c2)[C@@H](OC(C)=O)[C@@H](OC(C)=O)[C@@H]1OC(C)=O. The van der Waals surface area contributed by atoms with Gasteiger partial charge in [-0.1, -0.05) is 6.07 Å². The number of fused-ring (bicyclic) bond motifs is 2. The summed E-state index contributed by atoms with van der Waals surface area (Å²) < 4.78 is 50.7. The second-order valence-corrected chi connectivity index (χ2v) is 10.6. The number of esters is 4. The molecule has 1 saturated heterocycles. The summed E-state index contributed by atoms with van der Waals surface area (Å²) in [6.45, 7) is 6.62. The van der Waals surface area contributed by atoms with E-state index >= 15 is 0 Å². The molecule has 0 radical (unpaired) electrons. The van der Waals surface area contributed by atoms with Crippen LogP contribution in [-0.2, 0) is 42.9 Å². The van der Waals surface area contributed by atoms with E-state index in [0.29, 0.717) is 41.6 Å². The van der Waals surface area contributed by atoms with Crippen LogP contribution in [0.3, 0.4) is 0 Å². The number of carbonyl (C=O) groups excluding carboxylic acids is 4. The van der Waals surface area contributed by atoms with Crippen LogP contribution in [0.5, 0.6) is 17.2 Å². The van der Waals surface area contributed by atoms with Crippen molar-refractivity contribution in [1.29, 1.82) is 0 Å². The fraction of sp³-hybridized carbons (Fsp3) is 0.406. The Morgan fingerprint density at radius 2 is 1.43 bits per heavy atom. The molecule has 14 heteroatoms. The van der Waals surface area contributed by atoms with Crippen molar-refractivity contribution in [1.82, 2.24) is 0 Å². The van der Waals surface area contributed by atoms with E-state index in [-0.39, 0.29) is 22.1 Å². The molecule has 1 fully saturated rings. The molecule has 3 heterocycles. The van der Waals surface area contributed by atoms with Crippen molar-refractivity contribution in [2.45, 2.75) is 65.3 Å². The molecule has 0 bridgehead atoms. The average Bonchev–Trinajstić information content (AvgIpc) is 2.98. The molecule has 0 saturated carbocycles. The summed E-state index contributed by atoms with van der Waals surface area (Å²) in [6.07, 6.45) is -6.81. The van der Waals surface area contributed by atoms with Crippen LogP contribution in [0.1, 0.15) is 33.5 Å². The molecular weight excluding hydrogens is 608 g/mol. The van der Waals surface area contributed by atoms with Crippen LogP contribution >= 0.6 is 0 Å². The second kappa shape index (κ2) is 13.5. The maximum atomic E-state index is 13.6. The number of benzene rings is 2. The Kier molecular flexibility index (Phi) is 9.46. The van der Waals surface area contributed by atoms with Gasteiger partial charge in [0.15, 0.2) is 23.7 Å². The standard InChI is InChI=1S/C32H32O14/c1-15-27(20-6-9-23-25(12-20)39-11-10-38-23)28(37)22-8-7-21(13-24(22)41-15)45-32-31(44-19(5)36)30(43-18(4)35)29(42-17(3)34)26(46-32)14-40-16(2)33/h6-9,12-13,26,29-32H,10-11,14H2,1-5H3/t26-,29-,30+,31+,32-/m1/s1. The Morgan fingerprint density at radius 3 is 2.11 bits per heavy atom. The highest BCUT2D eigenvalue weighted by Crippen LogP contribution is 2.36. The van der Waals surface area contributed by atoms with E-state index in [9.17, 15) is 24.0 Å². The van der Waals surface area contributed by atoms with Gasteiger partial charge in [0, 0.05) is 33.8 Å². The maximum absolute atomic E-state index is 13.6. The fourth-order valence-electron chi connectivity index (χ4n) is 5.31. The first kappa shape index (κ1) is 32.3. The topological polar surface area (TPSA) is 172 Å². The van der Waals surface area contributed by atoms with Crippen molar-refractivity contribution in [3.05, 3.63) is 52.4 Å². The third kappa shape index (κ3) is 7.07. The Morgan fingerprint density at radius 1 is 0.783 bits per heavy atom. The zero-order chi connectivity index (χ0) is 33.1. The summed E-state index contributed by atoms with van der Waals surface area (Å²) in [7, 11) is 0. The van der Waals surface area contributed by atoms with Crippen LogP contribution in [0, 0.1) is 6.92 Å². The monoisotopic (exact) mass is 640 g/mol. The van der Waals surface area contributed by atoms with Gasteiger partial charge >= 0.3 is 23.9 Å². The number of hydrogen-bond acceptors (Lipinski definition) is 14. The first-order chi connectivity index (χ1) is 21.9. The molecule has 0 unspecified atom stereocenters. The fourth-order valence-corrected chi connectivity index (χ4v) is 5.31. The van der Waals surface area contributed by atoms with E-state index in [1.54, 1.807) is 25.1 Å². The third-order valence-corrected chi connectivity index (χ3v) is 7.07. The molecule has 14 nitrogen and oxygen atoms in total. The van der Waals surface area contributed by atoms with Crippen molar-refractivity contribution in [3.8, 4) is 28.4 Å². The summed E-state index contributed by atoms with van der Waals surface area (Å²) in [4.78, 5) is 61.4. The van der Waals surface area contributed by atoms with E-state index < -0.39 is 61.2 Å². The minimum atomic E-state index is -1.46. The number of rotatable bonds is 8. The summed E-state index contributed by atoms with van der Waals surface area (Å²) in [5.41, 5.74) is 0.828. The Bertz CT molecular complexity index is 1730. The van der Waals surface area contributed by atoms with Gasteiger partial charge in [-0.2, -0.15) is 0 Å². The Balaban J connectivity index is 1.50. The Labute approximate surface area is 262 Å². The lowest BCUT2D eigenvalue weighted by Crippen LogP contribution is -2.63. The molecule has 1 aromatic heterocycles. The quantitative estimate of drug-likeness (QED) is 0.260. The lowest BCUT2D eigenvalue weighted by molar-refractivity contribution is -0.288. The molecule has 0 amide bonds. The lowest BCUT2D eigenvalue weighted by Gasteiger charge is -2.43. The van der Waals surface area contributed by atoms with Gasteiger partial charge in [0.05, 0.1) is 10.9 Å². The van der Waals surface area contributed by atoms with Crippen molar-refractivity contribution >= 4 is 34.8 Å². The van der Waals surface area contributed by atoms with Gasteiger partial charge in [-0.3, -0.25) is 24.0 Å². The highest BCUT2D eigenvalue weighted by molar-refractivity contribution is 5.84. The summed E-state index contributed by atoms with van der Waals surface area (Å²) in [5.74, 6) is -1.38. The molecule has 0 N–H and O–H groups in total. The number of hydrogen-bond donors (Lipinski definition) is 0. The summed E-state index contributed by atoms with van der Waals surface area (Å²) >= 11 is 0. The molecule has 3 aromatic rings. The smallest absolute Gasteiger partial charge is 0.303 e.